The molecule has 2 N–H and O–H groups in total. The van der Waals surface area contributed by atoms with Crippen molar-refractivity contribution in [3.63, 3.8) is 0 Å². The minimum Gasteiger partial charge on any atom is -0.487 e. The van der Waals surface area contributed by atoms with E-state index in [2.05, 4.69) is 43.4 Å². The fourth-order valence-electron chi connectivity index (χ4n) is 5.60. The molecule has 47 heavy (non-hydrogen) atoms. The van der Waals surface area contributed by atoms with Gasteiger partial charge in [0.25, 0.3) is 5.92 Å². The lowest BCUT2D eigenvalue weighted by Gasteiger charge is -2.47. The van der Waals surface area contributed by atoms with Crippen molar-refractivity contribution in [3.05, 3.63) is 112 Å². The summed E-state index contributed by atoms with van der Waals surface area (Å²) in [6, 6.07) is 24.6. The van der Waals surface area contributed by atoms with Gasteiger partial charge in [-0.3, -0.25) is 4.79 Å². The van der Waals surface area contributed by atoms with E-state index in [1.807, 2.05) is 42.5 Å². The Morgan fingerprint density at radius 2 is 1.53 bits per heavy atom. The number of aromatic amines is 1. The molecule has 0 bridgehead atoms. The van der Waals surface area contributed by atoms with Crippen LogP contribution in [0.15, 0.2) is 89.7 Å². The van der Waals surface area contributed by atoms with E-state index >= 15 is 0 Å². The molecule has 0 aliphatic rings. The highest BCUT2D eigenvalue weighted by Gasteiger charge is 2.41. The van der Waals surface area contributed by atoms with Crippen LogP contribution in [0.1, 0.15) is 69.2 Å². The molecule has 1 heterocycles. The predicted molar refractivity (Wildman–Crippen MR) is 189 cm³/mol. The average molecular weight is 665 g/mol. The number of benzene rings is 3. The number of rotatable bonds is 17. The molecule has 254 valence electrons. The van der Waals surface area contributed by atoms with Crippen LogP contribution in [0.4, 0.5) is 8.78 Å². The van der Waals surface area contributed by atoms with Crippen molar-refractivity contribution in [3.8, 4) is 5.75 Å². The maximum absolute atomic E-state index is 14.4. The largest absolute Gasteiger partial charge is 0.487 e. The molecular formula is C38H50F2N2O4Si. The quantitative estimate of drug-likeness (QED) is 0.0872. The molecule has 0 aliphatic carbocycles. The zero-order valence-electron chi connectivity index (χ0n) is 28.4. The first kappa shape index (κ1) is 36.5. The van der Waals surface area contributed by atoms with E-state index in [0.29, 0.717) is 31.0 Å². The van der Waals surface area contributed by atoms with Crippen LogP contribution >= 0.6 is 0 Å². The molecule has 0 spiro atoms. The van der Waals surface area contributed by atoms with Gasteiger partial charge in [-0.2, -0.15) is 8.78 Å². The van der Waals surface area contributed by atoms with Crippen LogP contribution < -0.4 is 10.3 Å². The lowest BCUT2D eigenvalue weighted by Crippen LogP contribution is -2.56. The molecule has 4 aromatic rings. The Balaban J connectivity index is 1.37. The highest BCUT2D eigenvalue weighted by molar-refractivity contribution is 6.77. The second kappa shape index (κ2) is 16.2. The number of aliphatic hydroxyl groups excluding tert-OH is 1. The number of alkyl halides is 2. The van der Waals surface area contributed by atoms with Crippen LogP contribution in [0.5, 0.6) is 5.75 Å². The van der Waals surface area contributed by atoms with Gasteiger partial charge in [0.15, 0.2) is 0 Å². The summed E-state index contributed by atoms with van der Waals surface area (Å²) in [5.74, 6) is -2.44. The van der Waals surface area contributed by atoms with Crippen molar-refractivity contribution in [2.75, 3.05) is 26.3 Å². The third kappa shape index (κ3) is 9.82. The highest BCUT2D eigenvalue weighted by atomic mass is 28.3. The van der Waals surface area contributed by atoms with Crippen molar-refractivity contribution in [1.29, 1.82) is 0 Å². The number of hydrogen-bond donors (Lipinski definition) is 2. The summed E-state index contributed by atoms with van der Waals surface area (Å²) >= 11 is 0. The van der Waals surface area contributed by atoms with Crippen LogP contribution in [0, 0.1) is 0 Å². The molecular weight excluding hydrogens is 615 g/mol. The third-order valence-corrected chi connectivity index (χ3v) is 15.1. The molecule has 0 saturated carbocycles. The van der Waals surface area contributed by atoms with E-state index in [1.165, 1.54) is 18.2 Å². The van der Waals surface area contributed by atoms with E-state index < -0.39 is 26.9 Å². The van der Waals surface area contributed by atoms with Gasteiger partial charge in [0.2, 0.25) is 5.56 Å². The normalized spacial score (nSPS) is 13.3. The summed E-state index contributed by atoms with van der Waals surface area (Å²) in [5, 5.41) is 12.5. The Morgan fingerprint density at radius 1 is 0.872 bits per heavy atom. The molecule has 6 nitrogen and oxygen atoms in total. The molecule has 0 aliphatic heterocycles. The van der Waals surface area contributed by atoms with Gasteiger partial charge < -0.3 is 24.1 Å². The first-order chi connectivity index (χ1) is 22.3. The summed E-state index contributed by atoms with van der Waals surface area (Å²) in [5.41, 5.74) is 2.09. The van der Waals surface area contributed by atoms with Gasteiger partial charge in [-0.25, -0.2) is 0 Å². The van der Waals surface area contributed by atoms with Crippen LogP contribution in [-0.4, -0.2) is 49.2 Å². The number of unbranched alkanes of at least 4 members (excludes halogenated alkanes) is 3. The topological polar surface area (TPSA) is 74.8 Å². The van der Waals surface area contributed by atoms with E-state index in [0.717, 1.165) is 48.7 Å². The van der Waals surface area contributed by atoms with Crippen LogP contribution in [-0.2, 0) is 17.3 Å². The Kier molecular flexibility index (Phi) is 12.5. The number of aliphatic hydroxyl groups is 1. The summed E-state index contributed by atoms with van der Waals surface area (Å²) in [6.45, 7) is 12.8. The minimum absolute atomic E-state index is 0.0264. The number of halogens is 2. The van der Waals surface area contributed by atoms with Gasteiger partial charge in [0.05, 0.1) is 11.6 Å². The maximum atomic E-state index is 14.4. The van der Waals surface area contributed by atoms with Gasteiger partial charge >= 0.3 is 0 Å². The van der Waals surface area contributed by atoms with Crippen molar-refractivity contribution in [2.45, 2.75) is 83.2 Å². The van der Waals surface area contributed by atoms with Crippen LogP contribution in [0.2, 0.25) is 18.1 Å². The van der Waals surface area contributed by atoms with Gasteiger partial charge in [0.1, 0.15) is 27.2 Å². The first-order valence-electron chi connectivity index (χ1n) is 16.6. The number of pyridine rings is 1. The fourth-order valence-corrected chi connectivity index (χ4v) is 7.90. The standard InChI is InChI=1S/C38H50F2N2O4Si/c1-37(2,3)47(4,5)42(24-14-6-7-15-25-45-28-38(39,40)30-18-12-9-13-19-30)26-33(43)31-20-22-34(36-32(31)21-23-35(44)41-36)46-27-29-16-10-8-11-17-29/h8-13,16-23,33,43H,6-7,14-15,24-28H2,1-5H3,(H,41,44)/t33-/m0/s1. The molecule has 0 saturated heterocycles. The fraction of sp³-hybridized carbons (Fsp3) is 0.447. The number of nitrogens with one attached hydrogen (secondary N) is 1. The number of ether oxygens (including phenoxy) is 2. The monoisotopic (exact) mass is 664 g/mol. The predicted octanol–water partition coefficient (Wildman–Crippen LogP) is 8.82. The molecule has 0 fully saturated rings. The minimum atomic E-state index is -3.00. The number of H-pyrrole nitrogens is 1. The summed E-state index contributed by atoms with van der Waals surface area (Å²) in [6.07, 6.45) is 2.70. The Bertz CT molecular complexity index is 1610. The molecule has 9 heteroatoms. The maximum Gasteiger partial charge on any atom is 0.296 e. The van der Waals surface area contributed by atoms with E-state index in [1.54, 1.807) is 24.3 Å². The van der Waals surface area contributed by atoms with E-state index in [-0.39, 0.29) is 16.2 Å². The summed E-state index contributed by atoms with van der Waals surface area (Å²) in [7, 11) is -2.02. The van der Waals surface area contributed by atoms with E-state index in [4.69, 9.17) is 9.47 Å². The zero-order valence-corrected chi connectivity index (χ0v) is 29.4. The van der Waals surface area contributed by atoms with Gasteiger partial charge in [-0.15, -0.1) is 0 Å². The molecule has 0 unspecified atom stereocenters. The lowest BCUT2D eigenvalue weighted by atomic mass is 10.0. The number of aromatic nitrogens is 1. The molecule has 3 aromatic carbocycles. The average Bonchev–Trinajstić information content (AvgIpc) is 3.04. The summed E-state index contributed by atoms with van der Waals surface area (Å²) in [4.78, 5) is 15.3. The molecule has 0 amide bonds. The SMILES string of the molecule is CC(C)(C)[Si](C)(C)N(CCCCCCOCC(F)(F)c1ccccc1)C[C@H](O)c1ccc(OCc2ccccc2)c2[nH]c(=O)ccc12. The number of fused-ring (bicyclic) bond motifs is 1. The van der Waals surface area contributed by atoms with Crippen molar-refractivity contribution >= 4 is 19.1 Å². The summed E-state index contributed by atoms with van der Waals surface area (Å²) < 4.78 is 42.7. The van der Waals surface area contributed by atoms with Crippen molar-refractivity contribution in [1.82, 2.24) is 9.55 Å². The molecule has 1 atom stereocenters. The second-order valence-corrected chi connectivity index (χ2v) is 19.1. The molecule has 0 radical (unpaired) electrons. The van der Waals surface area contributed by atoms with Crippen molar-refractivity contribution in [2.24, 2.45) is 0 Å². The number of nitrogens with zero attached hydrogens (tertiary/aromatic N) is 1. The lowest BCUT2D eigenvalue weighted by molar-refractivity contribution is -0.0831. The molecule has 1 aromatic heterocycles. The first-order valence-corrected chi connectivity index (χ1v) is 19.5. The van der Waals surface area contributed by atoms with Gasteiger partial charge in [-0.05, 0) is 47.7 Å². The van der Waals surface area contributed by atoms with Gasteiger partial charge in [-0.1, -0.05) is 113 Å². The number of hydrogen-bond acceptors (Lipinski definition) is 5. The Morgan fingerprint density at radius 3 is 2.21 bits per heavy atom. The highest BCUT2D eigenvalue weighted by Crippen LogP contribution is 2.40. The van der Waals surface area contributed by atoms with Crippen LogP contribution in [0.25, 0.3) is 10.9 Å². The third-order valence-electron chi connectivity index (χ3n) is 9.45. The van der Waals surface area contributed by atoms with Crippen molar-refractivity contribution < 1.29 is 23.4 Å². The molecule has 4 rings (SSSR count). The van der Waals surface area contributed by atoms with E-state index in [9.17, 15) is 18.7 Å². The van der Waals surface area contributed by atoms with Crippen LogP contribution in [0.3, 0.4) is 0 Å². The Hall–Kier alpha value is -3.37. The van der Waals surface area contributed by atoms with Gasteiger partial charge in [0, 0.05) is 30.2 Å². The second-order valence-electron chi connectivity index (χ2n) is 13.8. The smallest absolute Gasteiger partial charge is 0.296 e. The zero-order chi connectivity index (χ0) is 34.1. The Labute approximate surface area is 278 Å².